The normalized spacial score (nSPS) is 27.2. The lowest BCUT2D eigenvalue weighted by Gasteiger charge is -2.38. The Morgan fingerprint density at radius 1 is 1.04 bits per heavy atom. The predicted molar refractivity (Wildman–Crippen MR) is 180 cm³/mol. The molecular weight excluding hydrogens is 626 g/mol. The van der Waals surface area contributed by atoms with Gasteiger partial charge in [-0.1, -0.05) is 35.9 Å². The first-order valence-corrected chi connectivity index (χ1v) is 17.5. The van der Waals surface area contributed by atoms with Gasteiger partial charge in [-0.05, 0) is 69.7 Å². The van der Waals surface area contributed by atoms with Crippen molar-refractivity contribution in [1.29, 1.82) is 0 Å². The summed E-state index contributed by atoms with van der Waals surface area (Å²) in [6, 6.07) is 13.3. The van der Waals surface area contributed by atoms with Crippen LogP contribution in [0.4, 0.5) is 5.69 Å². The third-order valence-electron chi connectivity index (χ3n) is 9.59. The number of carboxylic acids is 1. The molecule has 9 nitrogen and oxygen atoms in total. The molecule has 11 heteroatoms. The number of ether oxygens (including phenoxy) is 2. The summed E-state index contributed by atoms with van der Waals surface area (Å²) in [5.41, 5.74) is 1.88. The minimum atomic E-state index is -0.727. The van der Waals surface area contributed by atoms with Crippen molar-refractivity contribution in [3.05, 3.63) is 64.0 Å². The molecule has 3 aliphatic rings. The van der Waals surface area contributed by atoms with E-state index in [4.69, 9.17) is 21.1 Å². The van der Waals surface area contributed by atoms with E-state index in [-0.39, 0.29) is 54.5 Å². The number of thiophene rings is 1. The number of nitrogens with one attached hydrogen (secondary N) is 1. The molecule has 2 N–H and O–H groups in total. The molecule has 4 atom stereocenters. The maximum atomic E-state index is 13.9. The zero-order valence-electron chi connectivity index (χ0n) is 26.3. The highest BCUT2D eigenvalue weighted by Gasteiger charge is 2.40. The van der Waals surface area contributed by atoms with Gasteiger partial charge >= 0.3 is 5.97 Å². The largest absolute Gasteiger partial charge is 0.481 e. The average molecular weight is 668 g/mol. The molecule has 3 aromatic rings. The number of nitrogens with zero attached hydrogens (tertiary/aromatic N) is 2. The Labute approximate surface area is 278 Å². The van der Waals surface area contributed by atoms with Crippen LogP contribution < -0.4 is 5.32 Å². The molecule has 2 aliphatic heterocycles. The zero-order chi connectivity index (χ0) is 32.4. The van der Waals surface area contributed by atoms with Crippen molar-refractivity contribution < 1.29 is 29.0 Å². The maximum absolute atomic E-state index is 13.9. The van der Waals surface area contributed by atoms with Crippen molar-refractivity contribution >= 4 is 56.5 Å². The van der Waals surface area contributed by atoms with E-state index < -0.39 is 5.97 Å². The quantitative estimate of drug-likeness (QED) is 0.284. The molecule has 2 saturated heterocycles. The van der Waals surface area contributed by atoms with Gasteiger partial charge in [0.25, 0.3) is 5.91 Å². The van der Waals surface area contributed by atoms with E-state index in [0.29, 0.717) is 42.3 Å². The second kappa shape index (κ2) is 14.4. The van der Waals surface area contributed by atoms with Gasteiger partial charge in [-0.15, -0.1) is 11.3 Å². The van der Waals surface area contributed by atoms with Crippen LogP contribution in [0.1, 0.15) is 61.9 Å². The maximum Gasteiger partial charge on any atom is 0.306 e. The van der Waals surface area contributed by atoms with E-state index in [1.807, 2.05) is 40.6 Å². The van der Waals surface area contributed by atoms with Gasteiger partial charge < -0.3 is 24.8 Å². The van der Waals surface area contributed by atoms with Gasteiger partial charge in [-0.3, -0.25) is 19.3 Å². The number of rotatable bonds is 9. The van der Waals surface area contributed by atoms with Gasteiger partial charge in [0.15, 0.2) is 0 Å². The Kier molecular flexibility index (Phi) is 10.3. The highest BCUT2D eigenvalue weighted by Crippen LogP contribution is 2.32. The lowest BCUT2D eigenvalue weighted by Crippen LogP contribution is -2.51. The van der Waals surface area contributed by atoms with Crippen molar-refractivity contribution in [2.75, 3.05) is 31.6 Å². The van der Waals surface area contributed by atoms with Gasteiger partial charge in [0.05, 0.1) is 59.6 Å². The fraction of sp³-hybridized carbons (Fsp3) is 0.514. The first-order valence-electron chi connectivity index (χ1n) is 16.2. The summed E-state index contributed by atoms with van der Waals surface area (Å²) >= 11 is 8.15. The van der Waals surface area contributed by atoms with Gasteiger partial charge in [0.2, 0.25) is 5.91 Å². The molecule has 0 spiro atoms. The highest BCUT2D eigenvalue weighted by atomic mass is 35.5. The first kappa shape index (κ1) is 32.9. The van der Waals surface area contributed by atoms with Gasteiger partial charge in [0.1, 0.15) is 0 Å². The number of morpholine rings is 1. The Hall–Kier alpha value is -3.02. The standard InChI is InChI=1S/C35H42ClN3O6S/c1-21-16-38(17-22(2)45-21)25-15-26(19-44-27-10-8-24(9-11-27)35(42)43)39(18-25)33(40)14-23-7-12-31(30(36)13-23)37-34(41)29-20-46-32-6-4-3-5-28(29)32/h3-7,12-13,20-22,24-27H,8-11,14-19H2,1-2H3,(H,37,41)(H,42,43)/t21-,22+,24-,25-,26-,27-/m0/s1. The summed E-state index contributed by atoms with van der Waals surface area (Å²) in [6.07, 6.45) is 3.99. The summed E-state index contributed by atoms with van der Waals surface area (Å²) in [5.74, 6) is -1.23. The predicted octanol–water partition coefficient (Wildman–Crippen LogP) is 6.09. The number of aliphatic carboxylic acids is 1. The number of carbonyl (C=O) groups excluding carboxylic acids is 2. The van der Waals surface area contributed by atoms with Crippen LogP contribution in [0.25, 0.3) is 10.1 Å². The lowest BCUT2D eigenvalue weighted by molar-refractivity contribution is -0.144. The molecule has 0 unspecified atom stereocenters. The fourth-order valence-corrected chi connectivity index (χ4v) is 8.44. The number of carboxylic acid groups (broad SMARTS) is 1. The van der Waals surface area contributed by atoms with Crippen molar-refractivity contribution in [2.24, 2.45) is 5.92 Å². The van der Waals surface area contributed by atoms with E-state index in [2.05, 4.69) is 24.1 Å². The van der Waals surface area contributed by atoms with Crippen LogP contribution in [0.15, 0.2) is 47.8 Å². The zero-order valence-corrected chi connectivity index (χ0v) is 27.9. The smallest absolute Gasteiger partial charge is 0.306 e. The number of amides is 2. The minimum Gasteiger partial charge on any atom is -0.481 e. The van der Waals surface area contributed by atoms with Crippen LogP contribution in [0.3, 0.4) is 0 Å². The van der Waals surface area contributed by atoms with E-state index in [1.54, 1.807) is 12.1 Å². The topological polar surface area (TPSA) is 108 Å². The monoisotopic (exact) mass is 667 g/mol. The number of carbonyl (C=O) groups is 3. The van der Waals surface area contributed by atoms with Gasteiger partial charge in [0, 0.05) is 41.1 Å². The minimum absolute atomic E-state index is 0.0117. The number of hydrogen-bond acceptors (Lipinski definition) is 7. The summed E-state index contributed by atoms with van der Waals surface area (Å²) in [5, 5.41) is 15.4. The van der Waals surface area contributed by atoms with Crippen LogP contribution in [0.5, 0.6) is 0 Å². The van der Waals surface area contributed by atoms with Crippen molar-refractivity contribution in [1.82, 2.24) is 9.80 Å². The highest BCUT2D eigenvalue weighted by molar-refractivity contribution is 7.17. The van der Waals surface area contributed by atoms with E-state index in [0.717, 1.165) is 48.0 Å². The summed E-state index contributed by atoms with van der Waals surface area (Å²) in [7, 11) is 0. The number of fused-ring (bicyclic) bond motifs is 1. The number of likely N-dealkylation sites (tertiary alicyclic amines) is 1. The third-order valence-corrected chi connectivity index (χ3v) is 10.9. The first-order chi connectivity index (χ1) is 22.1. The van der Waals surface area contributed by atoms with E-state index >= 15 is 0 Å². The fourth-order valence-electron chi connectivity index (χ4n) is 7.25. The average Bonchev–Trinajstić information content (AvgIpc) is 3.66. The molecule has 3 fully saturated rings. The molecule has 0 bridgehead atoms. The lowest BCUT2D eigenvalue weighted by atomic mass is 9.87. The molecule has 1 aliphatic carbocycles. The third kappa shape index (κ3) is 7.58. The van der Waals surface area contributed by atoms with Crippen molar-refractivity contribution in [3.8, 4) is 0 Å². The molecule has 6 rings (SSSR count). The van der Waals surface area contributed by atoms with Crippen LogP contribution in [-0.2, 0) is 25.5 Å². The van der Waals surface area contributed by atoms with Crippen LogP contribution in [0, 0.1) is 5.92 Å². The Morgan fingerprint density at radius 3 is 2.50 bits per heavy atom. The molecule has 46 heavy (non-hydrogen) atoms. The summed E-state index contributed by atoms with van der Waals surface area (Å²) in [4.78, 5) is 42.7. The van der Waals surface area contributed by atoms with Crippen molar-refractivity contribution in [3.63, 3.8) is 0 Å². The molecule has 2 amide bonds. The summed E-state index contributed by atoms with van der Waals surface area (Å²) < 4.78 is 13.4. The number of halogens is 1. The summed E-state index contributed by atoms with van der Waals surface area (Å²) in [6.45, 7) is 6.89. The van der Waals surface area contributed by atoms with Crippen molar-refractivity contribution in [2.45, 2.75) is 82.8 Å². The molecular formula is C35H42ClN3O6S. The SMILES string of the molecule is C[C@@H]1CN([C@H]2C[C@@H](CO[C@H]3CC[C@H](C(=O)O)CC3)N(C(=O)Cc3ccc(NC(=O)c4csc5ccccc45)c(Cl)c3)C2)C[C@H](C)O1. The molecule has 0 radical (unpaired) electrons. The second-order valence-corrected chi connectivity index (χ2v) is 14.4. The molecule has 246 valence electrons. The Bertz CT molecular complexity index is 1560. The van der Waals surface area contributed by atoms with Gasteiger partial charge in [-0.2, -0.15) is 0 Å². The molecule has 1 aromatic heterocycles. The van der Waals surface area contributed by atoms with Gasteiger partial charge in [-0.25, -0.2) is 0 Å². The molecule has 3 heterocycles. The second-order valence-electron chi connectivity index (χ2n) is 13.0. The Balaban J connectivity index is 1.11. The van der Waals surface area contributed by atoms with Crippen LogP contribution in [-0.4, -0.2) is 89.3 Å². The van der Waals surface area contributed by atoms with Crippen LogP contribution >= 0.6 is 22.9 Å². The van der Waals surface area contributed by atoms with E-state index in [9.17, 15) is 19.5 Å². The van der Waals surface area contributed by atoms with E-state index in [1.165, 1.54) is 11.3 Å². The molecule has 1 saturated carbocycles. The molecule has 2 aromatic carbocycles. The number of anilines is 1. The number of benzene rings is 2. The Morgan fingerprint density at radius 2 is 1.78 bits per heavy atom. The van der Waals surface area contributed by atoms with Crippen LogP contribution in [0.2, 0.25) is 5.02 Å². The number of hydrogen-bond donors (Lipinski definition) is 2.